The van der Waals surface area contributed by atoms with Gasteiger partial charge in [0.05, 0.1) is 0 Å². The minimum Gasteiger partial charge on any atom is -0.444 e. The third-order valence-electron chi connectivity index (χ3n) is 6.23. The molecule has 47 heavy (non-hydrogen) atoms. The summed E-state index contributed by atoms with van der Waals surface area (Å²) >= 11 is 0. The van der Waals surface area contributed by atoms with Crippen LogP contribution in [0.5, 0.6) is 0 Å². The van der Waals surface area contributed by atoms with Gasteiger partial charge in [-0.25, -0.2) is 0 Å². The molecule has 0 fully saturated rings. The van der Waals surface area contributed by atoms with Crippen LogP contribution < -0.4 is 11.5 Å². The van der Waals surface area contributed by atoms with Crippen LogP contribution in [0.15, 0.2) is 32.7 Å². The Labute approximate surface area is 384 Å². The van der Waals surface area contributed by atoms with Gasteiger partial charge >= 0.3 is 0 Å². The Morgan fingerprint density at radius 2 is 1.06 bits per heavy atom. The second kappa shape index (κ2) is 29.5. The fourth-order valence-corrected chi connectivity index (χ4v) is 3.13. The molecule has 10 nitrogen and oxygen atoms in total. The van der Waals surface area contributed by atoms with E-state index >= 15 is 0 Å². The zero-order valence-electron chi connectivity index (χ0n) is 29.2. The third-order valence-corrected chi connectivity index (χ3v) is 6.23. The summed E-state index contributed by atoms with van der Waals surface area (Å²) < 4.78 is 6.44. The summed E-state index contributed by atoms with van der Waals surface area (Å²) in [6.45, 7) is 22.9. The number of rotatable bonds is 4. The SMILES string of the molecule is C.C[C-]=Nn1[c-]c(C)c(C)c1.C[C-]=Nn1[c-]c(C)c(C)c1N.C[C-]=Nn1[c-]c(N)c(C)c1C.C[C-]=Nn1[c-]cc(C)c1C.[Y].[Y].[Y].[Y]. The van der Waals surface area contributed by atoms with Crippen molar-refractivity contribution in [3.63, 3.8) is 0 Å². The molecule has 14 heteroatoms. The summed E-state index contributed by atoms with van der Waals surface area (Å²) in [6, 6.07) is 1.91. The van der Waals surface area contributed by atoms with Crippen LogP contribution in [-0.2, 0) is 131 Å². The Hall–Kier alpha value is -0.184. The van der Waals surface area contributed by atoms with Gasteiger partial charge in [-0.05, 0) is 5.82 Å². The predicted octanol–water partition coefficient (Wildman–Crippen LogP) is 6.33. The molecule has 0 spiro atoms. The van der Waals surface area contributed by atoms with Crippen LogP contribution in [0.1, 0.15) is 79.9 Å². The Balaban J connectivity index is -0.000000161. The van der Waals surface area contributed by atoms with Crippen molar-refractivity contribution in [2.75, 3.05) is 11.5 Å². The van der Waals surface area contributed by atoms with E-state index < -0.39 is 0 Å². The number of nitrogen functional groups attached to an aromatic ring is 2. The molecule has 248 valence electrons. The monoisotopic (exact) mass is 938 g/mol. The van der Waals surface area contributed by atoms with Crippen LogP contribution in [0.2, 0.25) is 0 Å². The molecular weight excluding hydrogens is 892 g/mol. The van der Waals surface area contributed by atoms with Gasteiger partial charge in [0.2, 0.25) is 0 Å². The molecule has 0 aliphatic carbocycles. The molecule has 0 aromatic carbocycles. The molecule has 4 radical (unpaired) electrons. The molecule has 0 bridgehead atoms. The first kappa shape index (κ1) is 56.2. The number of aryl methyl sites for hydroxylation is 4. The number of aromatic nitrogens is 4. The standard InChI is InChI=1S/2C8H11N3.2C8H10N2.CH4.4Y/c1-4-10-11-5-8(9)6(2)7(11)3;1-4-10-11-5-6(2)7(3)8(11)9;1-4-9-10-5-7(2)8(3)6-10;1-4-9-10-6-5-7(2)8(10)3;;;;;/h2*9H2,1-3H3;2*5H,1-3H3;1H4;;;;/q4*-2;;;;;. The van der Waals surface area contributed by atoms with E-state index in [4.69, 9.17) is 11.5 Å². The fourth-order valence-electron chi connectivity index (χ4n) is 3.13. The maximum absolute atomic E-state index is 5.69. The van der Waals surface area contributed by atoms with Crippen LogP contribution >= 0.6 is 0 Å². The first-order valence-electron chi connectivity index (χ1n) is 13.2. The van der Waals surface area contributed by atoms with E-state index in [0.717, 1.165) is 33.6 Å². The average molecular weight is 938 g/mol. The molecule has 4 aromatic rings. The number of hydrogen-bond acceptors (Lipinski definition) is 6. The fraction of sp³-hybridized carbons (Fsp3) is 0.394. The average Bonchev–Trinajstić information content (AvgIpc) is 3.60. The molecule has 4 rings (SSSR count). The maximum atomic E-state index is 5.69. The minimum absolute atomic E-state index is 0. The Kier molecular flexibility index (Phi) is 35.3. The minimum atomic E-state index is 0. The topological polar surface area (TPSA) is 121 Å². The first-order valence-corrected chi connectivity index (χ1v) is 13.2. The number of nitrogens with zero attached hydrogens (tertiary/aromatic N) is 8. The van der Waals surface area contributed by atoms with Crippen LogP contribution in [0.4, 0.5) is 11.5 Å². The van der Waals surface area contributed by atoms with Crippen LogP contribution in [0.25, 0.3) is 0 Å². The normalized spacial score (nSPS) is 9.96. The van der Waals surface area contributed by atoms with Gasteiger partial charge < -0.3 is 75.4 Å². The Bertz CT molecular complexity index is 1460. The zero-order valence-corrected chi connectivity index (χ0v) is 40.5. The van der Waals surface area contributed by atoms with Gasteiger partial charge in [0.25, 0.3) is 0 Å². The smallest absolute Gasteiger partial charge is 0 e. The molecule has 0 atom stereocenters. The van der Waals surface area contributed by atoms with Gasteiger partial charge in [0, 0.05) is 131 Å². The second-order valence-electron chi connectivity index (χ2n) is 9.15. The molecule has 0 aliphatic heterocycles. The first-order chi connectivity index (χ1) is 19.8. The van der Waals surface area contributed by atoms with Crippen molar-refractivity contribution in [2.24, 2.45) is 20.4 Å². The molecule has 0 saturated heterocycles. The second-order valence-corrected chi connectivity index (χ2v) is 9.15. The number of anilines is 2. The van der Waals surface area contributed by atoms with E-state index in [2.05, 4.69) is 70.1 Å². The van der Waals surface area contributed by atoms with E-state index in [9.17, 15) is 0 Å². The molecule has 4 N–H and O–H groups in total. The Morgan fingerprint density at radius 1 is 0.574 bits per heavy atom. The van der Waals surface area contributed by atoms with E-state index in [-0.39, 0.29) is 138 Å². The summed E-state index contributed by atoms with van der Waals surface area (Å²) in [4.78, 5) is 0. The molecule has 4 heterocycles. The number of hydrogen-bond donors (Lipinski definition) is 2. The summed E-state index contributed by atoms with van der Waals surface area (Å²) in [7, 11) is 0. The van der Waals surface area contributed by atoms with Gasteiger partial charge in [-0.3, -0.25) is 0 Å². The van der Waals surface area contributed by atoms with Crippen molar-refractivity contribution in [2.45, 2.75) is 90.5 Å². The zero-order chi connectivity index (χ0) is 32.0. The van der Waals surface area contributed by atoms with E-state index in [1.807, 2.05) is 67.7 Å². The predicted molar refractivity (Wildman–Crippen MR) is 181 cm³/mol. The Morgan fingerprint density at radius 3 is 1.40 bits per heavy atom. The van der Waals surface area contributed by atoms with Crippen molar-refractivity contribution in [3.8, 4) is 0 Å². The molecule has 4 aromatic heterocycles. The summed E-state index contributed by atoms with van der Waals surface area (Å²) in [5, 5.41) is 15.6. The number of nitrogens with two attached hydrogens (primary N) is 2. The third kappa shape index (κ3) is 18.6. The van der Waals surface area contributed by atoms with E-state index in [1.54, 1.807) is 41.7 Å². The molecule has 0 saturated carbocycles. The molecular formula is C33H46N10Y4-8. The van der Waals surface area contributed by atoms with E-state index in [0.29, 0.717) is 11.5 Å². The summed E-state index contributed by atoms with van der Waals surface area (Å²) in [5.74, 6) is 0.636. The van der Waals surface area contributed by atoms with Crippen LogP contribution in [0.3, 0.4) is 0 Å². The van der Waals surface area contributed by atoms with Crippen molar-refractivity contribution < 1.29 is 131 Å². The van der Waals surface area contributed by atoms with Gasteiger partial charge in [-0.2, -0.15) is 67.1 Å². The van der Waals surface area contributed by atoms with Gasteiger partial charge in [-0.15, -0.1) is 17.6 Å². The quantitative estimate of drug-likeness (QED) is 0.184. The maximum Gasteiger partial charge on any atom is 0 e. The molecule has 0 unspecified atom stereocenters. The molecule has 0 amide bonds. The van der Waals surface area contributed by atoms with Crippen molar-refractivity contribution in [1.82, 2.24) is 18.7 Å². The van der Waals surface area contributed by atoms with Crippen molar-refractivity contribution >= 4 is 36.4 Å². The molecule has 0 aliphatic rings. The van der Waals surface area contributed by atoms with Crippen molar-refractivity contribution in [3.05, 3.63) is 81.8 Å². The van der Waals surface area contributed by atoms with Gasteiger partial charge in [0.1, 0.15) is 0 Å². The van der Waals surface area contributed by atoms with E-state index in [1.165, 1.54) is 15.8 Å². The van der Waals surface area contributed by atoms with Crippen LogP contribution in [0, 0.1) is 80.2 Å². The summed E-state index contributed by atoms with van der Waals surface area (Å²) in [5.41, 5.74) is 20.7. The van der Waals surface area contributed by atoms with Crippen LogP contribution in [-0.4, -0.2) is 43.6 Å². The van der Waals surface area contributed by atoms with Gasteiger partial charge in [0.15, 0.2) is 0 Å². The largest absolute Gasteiger partial charge is 0.444 e. The van der Waals surface area contributed by atoms with Crippen molar-refractivity contribution in [1.29, 1.82) is 0 Å². The summed E-state index contributed by atoms with van der Waals surface area (Å²) in [6.07, 6.45) is 24.5. The van der Waals surface area contributed by atoms with Gasteiger partial charge in [-0.1, -0.05) is 93.3 Å².